The minimum Gasteiger partial charge on any atom is -0.469 e. The topological polar surface area (TPSA) is 81.6 Å². The van der Waals surface area contributed by atoms with E-state index in [2.05, 4.69) is 33.5 Å². The third-order valence-corrected chi connectivity index (χ3v) is 6.91. The Bertz CT molecular complexity index is 1100. The average Bonchev–Trinajstić information content (AvgIpc) is 3.08. The maximum Gasteiger partial charge on any atom is 0.314 e. The summed E-state index contributed by atoms with van der Waals surface area (Å²) in [4.78, 5) is 37.5. The molecule has 2 aromatic heterocycles. The highest BCUT2D eigenvalue weighted by Crippen LogP contribution is 2.35. The van der Waals surface area contributed by atoms with Crippen molar-refractivity contribution in [1.29, 1.82) is 0 Å². The van der Waals surface area contributed by atoms with E-state index in [4.69, 9.17) is 4.74 Å². The SMILES string of the molecule is COC(=O)Cc1ccc(OC(=O)C2CCN(c3ncnc4sc(C)c(C)c34)CC2)cc1. The standard InChI is InChI=1S/C23H25N3O4S/c1-14-15(2)31-22-20(14)21(24-13-25-22)26-10-8-17(9-11-26)23(28)30-18-6-4-16(5-7-18)12-19(27)29-3/h4-7,13,17H,8-12H2,1-3H3. The molecule has 1 aliphatic heterocycles. The van der Waals surface area contributed by atoms with Crippen LogP contribution in [0.5, 0.6) is 5.75 Å². The Morgan fingerprint density at radius 1 is 1.13 bits per heavy atom. The van der Waals surface area contributed by atoms with E-state index in [-0.39, 0.29) is 24.3 Å². The predicted molar refractivity (Wildman–Crippen MR) is 120 cm³/mol. The molecular weight excluding hydrogens is 414 g/mol. The van der Waals surface area contributed by atoms with Crippen molar-refractivity contribution >= 4 is 39.3 Å². The molecule has 0 radical (unpaired) electrons. The lowest BCUT2D eigenvalue weighted by Crippen LogP contribution is -2.38. The molecule has 0 N–H and O–H groups in total. The summed E-state index contributed by atoms with van der Waals surface area (Å²) in [6.07, 6.45) is 3.25. The fourth-order valence-electron chi connectivity index (χ4n) is 3.84. The van der Waals surface area contributed by atoms with Crippen LogP contribution < -0.4 is 9.64 Å². The molecule has 0 unspecified atom stereocenters. The fraction of sp³-hybridized carbons (Fsp3) is 0.391. The van der Waals surface area contributed by atoms with Crippen molar-refractivity contribution in [3.8, 4) is 5.75 Å². The van der Waals surface area contributed by atoms with Crippen molar-refractivity contribution in [2.45, 2.75) is 33.1 Å². The van der Waals surface area contributed by atoms with Crippen LogP contribution in [0.3, 0.4) is 0 Å². The third kappa shape index (κ3) is 4.54. The number of hydrogen-bond acceptors (Lipinski definition) is 8. The first-order valence-corrected chi connectivity index (χ1v) is 11.1. The van der Waals surface area contributed by atoms with Crippen LogP contribution in [-0.2, 0) is 20.7 Å². The second-order valence-electron chi connectivity index (χ2n) is 7.74. The molecule has 1 aliphatic rings. The number of carbonyl (C=O) groups is 2. The molecular formula is C23H25N3O4S. The first-order valence-electron chi connectivity index (χ1n) is 10.3. The van der Waals surface area contributed by atoms with E-state index in [1.807, 2.05) is 0 Å². The Kier molecular flexibility index (Phi) is 6.18. The number of aromatic nitrogens is 2. The van der Waals surface area contributed by atoms with Crippen LogP contribution in [0.4, 0.5) is 5.82 Å². The van der Waals surface area contributed by atoms with Gasteiger partial charge in [-0.25, -0.2) is 9.97 Å². The molecule has 3 aromatic rings. The number of fused-ring (bicyclic) bond motifs is 1. The van der Waals surface area contributed by atoms with Crippen LogP contribution in [0.1, 0.15) is 28.8 Å². The number of benzene rings is 1. The van der Waals surface area contributed by atoms with Crippen LogP contribution in [0.25, 0.3) is 10.2 Å². The van der Waals surface area contributed by atoms with Crippen molar-refractivity contribution in [2.24, 2.45) is 5.92 Å². The van der Waals surface area contributed by atoms with Crippen molar-refractivity contribution in [1.82, 2.24) is 9.97 Å². The zero-order valence-corrected chi connectivity index (χ0v) is 18.7. The molecule has 0 atom stereocenters. The smallest absolute Gasteiger partial charge is 0.314 e. The Hall–Kier alpha value is -3.00. The number of nitrogens with zero attached hydrogens (tertiary/aromatic N) is 3. The summed E-state index contributed by atoms with van der Waals surface area (Å²) in [5.74, 6) is 0.789. The van der Waals surface area contributed by atoms with Crippen LogP contribution in [0.2, 0.25) is 0 Å². The van der Waals surface area contributed by atoms with E-state index >= 15 is 0 Å². The van der Waals surface area contributed by atoms with Gasteiger partial charge >= 0.3 is 11.9 Å². The van der Waals surface area contributed by atoms with E-state index < -0.39 is 0 Å². The molecule has 162 valence electrons. The number of carbonyl (C=O) groups excluding carboxylic acids is 2. The molecule has 0 amide bonds. The van der Waals surface area contributed by atoms with Gasteiger partial charge < -0.3 is 14.4 Å². The summed E-state index contributed by atoms with van der Waals surface area (Å²) < 4.78 is 10.2. The van der Waals surface area contributed by atoms with Crippen LogP contribution in [-0.4, -0.2) is 42.1 Å². The van der Waals surface area contributed by atoms with Gasteiger partial charge in [0, 0.05) is 18.0 Å². The average molecular weight is 440 g/mol. The zero-order valence-electron chi connectivity index (χ0n) is 17.9. The highest BCUT2D eigenvalue weighted by molar-refractivity contribution is 7.18. The highest BCUT2D eigenvalue weighted by Gasteiger charge is 2.28. The van der Waals surface area contributed by atoms with Crippen LogP contribution in [0, 0.1) is 19.8 Å². The Balaban J connectivity index is 1.37. The molecule has 3 heterocycles. The van der Waals surface area contributed by atoms with E-state index in [0.717, 1.165) is 34.7 Å². The van der Waals surface area contributed by atoms with Gasteiger partial charge in [0.2, 0.25) is 0 Å². The molecule has 31 heavy (non-hydrogen) atoms. The highest BCUT2D eigenvalue weighted by atomic mass is 32.1. The third-order valence-electron chi connectivity index (χ3n) is 5.79. The molecule has 7 nitrogen and oxygen atoms in total. The van der Waals surface area contributed by atoms with Gasteiger partial charge in [-0.2, -0.15) is 0 Å². The lowest BCUT2D eigenvalue weighted by Gasteiger charge is -2.32. The summed E-state index contributed by atoms with van der Waals surface area (Å²) in [6, 6.07) is 6.97. The molecule has 0 spiro atoms. The second-order valence-corrected chi connectivity index (χ2v) is 8.94. The normalized spacial score (nSPS) is 14.6. The maximum atomic E-state index is 12.7. The lowest BCUT2D eigenvalue weighted by atomic mass is 9.96. The summed E-state index contributed by atoms with van der Waals surface area (Å²) in [6.45, 7) is 5.72. The number of piperidine rings is 1. The van der Waals surface area contributed by atoms with E-state index in [0.29, 0.717) is 18.6 Å². The summed E-state index contributed by atoms with van der Waals surface area (Å²) >= 11 is 1.69. The van der Waals surface area contributed by atoms with E-state index in [9.17, 15) is 9.59 Å². The Morgan fingerprint density at radius 3 is 2.52 bits per heavy atom. The van der Waals surface area contributed by atoms with Crippen LogP contribution >= 0.6 is 11.3 Å². The molecule has 4 rings (SSSR count). The number of thiophene rings is 1. The molecule has 1 fully saturated rings. The number of methoxy groups -OCH3 is 1. The predicted octanol–water partition coefficient (Wildman–Crippen LogP) is 3.85. The monoisotopic (exact) mass is 439 g/mol. The number of ether oxygens (including phenoxy) is 2. The van der Waals surface area contributed by atoms with Gasteiger partial charge in [-0.05, 0) is 49.9 Å². The molecule has 0 saturated carbocycles. The van der Waals surface area contributed by atoms with E-state index in [1.54, 1.807) is 41.9 Å². The Labute approximate surface area is 185 Å². The van der Waals surface area contributed by atoms with Gasteiger partial charge in [0.25, 0.3) is 0 Å². The van der Waals surface area contributed by atoms with Crippen molar-refractivity contribution in [3.63, 3.8) is 0 Å². The molecule has 1 aromatic carbocycles. The summed E-state index contributed by atoms with van der Waals surface area (Å²) in [7, 11) is 1.36. The first kappa shape index (κ1) is 21.2. The van der Waals surface area contributed by atoms with E-state index in [1.165, 1.54) is 17.6 Å². The van der Waals surface area contributed by atoms with Gasteiger partial charge in [0.05, 0.1) is 24.8 Å². The molecule has 1 saturated heterocycles. The fourth-order valence-corrected chi connectivity index (χ4v) is 4.84. The molecule has 8 heteroatoms. The first-order chi connectivity index (χ1) is 15.0. The number of esters is 2. The van der Waals surface area contributed by atoms with Gasteiger partial charge in [0.15, 0.2) is 0 Å². The lowest BCUT2D eigenvalue weighted by molar-refractivity contribution is -0.140. The second kappa shape index (κ2) is 9.01. The number of hydrogen-bond donors (Lipinski definition) is 0. The van der Waals surface area contributed by atoms with Crippen molar-refractivity contribution in [2.75, 3.05) is 25.1 Å². The van der Waals surface area contributed by atoms with Crippen LogP contribution in [0.15, 0.2) is 30.6 Å². The minimum atomic E-state index is -0.301. The van der Waals surface area contributed by atoms with Gasteiger partial charge in [-0.3, -0.25) is 9.59 Å². The number of aryl methyl sites for hydroxylation is 2. The molecule has 0 bridgehead atoms. The number of rotatable bonds is 5. The number of anilines is 1. The van der Waals surface area contributed by atoms with Crippen molar-refractivity contribution in [3.05, 3.63) is 46.6 Å². The largest absolute Gasteiger partial charge is 0.469 e. The quantitative estimate of drug-likeness (QED) is 0.441. The summed E-state index contributed by atoms with van der Waals surface area (Å²) in [5, 5.41) is 1.12. The molecule has 0 aliphatic carbocycles. The summed E-state index contributed by atoms with van der Waals surface area (Å²) in [5.41, 5.74) is 2.04. The van der Waals surface area contributed by atoms with Gasteiger partial charge in [-0.15, -0.1) is 11.3 Å². The maximum absolute atomic E-state index is 12.7. The minimum absolute atomic E-state index is 0.145. The van der Waals surface area contributed by atoms with Gasteiger partial charge in [0.1, 0.15) is 22.7 Å². The van der Waals surface area contributed by atoms with Gasteiger partial charge in [-0.1, -0.05) is 12.1 Å². The Morgan fingerprint density at radius 2 is 1.84 bits per heavy atom. The van der Waals surface area contributed by atoms with Crippen molar-refractivity contribution < 1.29 is 19.1 Å². The zero-order chi connectivity index (χ0) is 22.0.